The number of benzene rings is 1. The highest BCUT2D eigenvalue weighted by Gasteiger charge is 2.74. The third kappa shape index (κ3) is 4.29. The predicted molar refractivity (Wildman–Crippen MR) is 127 cm³/mol. The second-order valence-electron chi connectivity index (χ2n) is 10.3. The van der Waals surface area contributed by atoms with Crippen molar-refractivity contribution >= 4 is 29.7 Å². The number of nitrogens with one attached hydrogen (secondary N) is 1. The normalized spacial score (nSPS) is 30.5. The summed E-state index contributed by atoms with van der Waals surface area (Å²) in [5.74, 6) is -7.69. The molecule has 4 aliphatic heterocycles. The summed E-state index contributed by atoms with van der Waals surface area (Å²) < 4.78 is 85.5. The number of alkyl halides is 6. The van der Waals surface area contributed by atoms with Gasteiger partial charge in [-0.1, -0.05) is 6.92 Å². The number of carbonyl (C=O) groups excluding carboxylic acids is 3. The second kappa shape index (κ2) is 9.18. The average Bonchev–Trinajstić information content (AvgIpc) is 3.43. The van der Waals surface area contributed by atoms with Crippen molar-refractivity contribution in [3.05, 3.63) is 34.9 Å². The Hall–Kier alpha value is -4.13. The molecule has 7 N–H and O–H groups in total. The molecule has 3 unspecified atom stereocenters. The zero-order valence-electron chi connectivity index (χ0n) is 21.4. The highest BCUT2D eigenvalue weighted by Crippen LogP contribution is 2.46. The van der Waals surface area contributed by atoms with Gasteiger partial charge in [-0.3, -0.25) is 14.5 Å². The molecule has 228 valence electrons. The number of nitrogens with two attached hydrogens (primary N) is 2. The van der Waals surface area contributed by atoms with E-state index in [9.17, 15) is 50.9 Å². The third-order valence-electron chi connectivity index (χ3n) is 7.71. The fourth-order valence-corrected chi connectivity index (χ4v) is 5.73. The first-order valence-electron chi connectivity index (χ1n) is 12.3. The van der Waals surface area contributed by atoms with Crippen molar-refractivity contribution in [1.29, 1.82) is 0 Å². The molecule has 0 aliphatic carbocycles. The average molecular weight is 607 g/mol. The monoisotopic (exact) mass is 607 g/mol. The van der Waals surface area contributed by atoms with E-state index in [-0.39, 0.29) is 30.6 Å². The molecule has 1 spiro atoms. The number of hydrogen-bond donors (Lipinski definition) is 5. The molecule has 0 radical (unpaired) electrons. The Kier molecular flexibility index (Phi) is 6.42. The number of amides is 2. The number of ether oxygens (including phenoxy) is 1. The van der Waals surface area contributed by atoms with Crippen LogP contribution in [0.25, 0.3) is 0 Å². The van der Waals surface area contributed by atoms with Crippen molar-refractivity contribution in [3.63, 3.8) is 0 Å². The summed E-state index contributed by atoms with van der Waals surface area (Å²) in [6.07, 6.45) is -12.6. The van der Waals surface area contributed by atoms with Crippen molar-refractivity contribution in [2.24, 2.45) is 27.4 Å². The van der Waals surface area contributed by atoms with Crippen molar-refractivity contribution in [2.45, 2.75) is 55.3 Å². The Morgan fingerprint density at radius 2 is 1.81 bits per heavy atom. The molecular formula is C23H23F6N7O6. The largest absolute Gasteiger partial charge is 0.451 e. The van der Waals surface area contributed by atoms with Gasteiger partial charge in [0, 0.05) is 12.3 Å². The number of imide groups is 1. The number of nitrogens with zero attached hydrogens (tertiary/aromatic N) is 4. The lowest BCUT2D eigenvalue weighted by Gasteiger charge is -2.48. The van der Waals surface area contributed by atoms with E-state index in [1.54, 1.807) is 0 Å². The molecule has 5 atom stereocenters. The van der Waals surface area contributed by atoms with Crippen LogP contribution in [0.3, 0.4) is 0 Å². The van der Waals surface area contributed by atoms with Crippen LogP contribution < -0.4 is 16.8 Å². The Labute approximate surface area is 231 Å². The highest BCUT2D eigenvalue weighted by atomic mass is 19.4. The van der Waals surface area contributed by atoms with Gasteiger partial charge >= 0.3 is 18.3 Å². The van der Waals surface area contributed by atoms with Crippen molar-refractivity contribution in [1.82, 2.24) is 15.1 Å². The fourth-order valence-electron chi connectivity index (χ4n) is 5.73. The molecule has 0 aromatic heterocycles. The van der Waals surface area contributed by atoms with Crippen LogP contribution in [-0.2, 0) is 26.7 Å². The highest BCUT2D eigenvalue weighted by molar-refractivity contribution is 6.03. The molecule has 2 saturated heterocycles. The molecule has 4 heterocycles. The first-order valence-corrected chi connectivity index (χ1v) is 12.3. The van der Waals surface area contributed by atoms with Crippen molar-refractivity contribution < 1.29 is 55.7 Å². The third-order valence-corrected chi connectivity index (χ3v) is 7.71. The summed E-state index contributed by atoms with van der Waals surface area (Å²) >= 11 is 0. The number of esters is 1. The molecule has 2 amide bonds. The molecule has 13 nitrogen and oxygen atoms in total. The SMILES string of the molecule is CC1CC(=O)N(C[C@@H]2N=C(N)N3C[C@H](OC(=O)c4cc(C(F)(F)F)ccc4C(F)(F)F)C(O)(O)C34NC(N)=NC24)C1=O. The molecule has 19 heteroatoms. The number of carbonyl (C=O) groups is 3. The molecule has 0 saturated carbocycles. The quantitative estimate of drug-likeness (QED) is 0.127. The van der Waals surface area contributed by atoms with Gasteiger partial charge in [-0.05, 0) is 18.2 Å². The van der Waals surface area contributed by atoms with Gasteiger partial charge in [0.15, 0.2) is 23.7 Å². The molecule has 0 bridgehead atoms. The Bertz CT molecular complexity index is 1430. The van der Waals surface area contributed by atoms with Crippen molar-refractivity contribution in [3.8, 4) is 0 Å². The van der Waals surface area contributed by atoms with E-state index in [1.165, 1.54) is 6.92 Å². The maximum Gasteiger partial charge on any atom is 0.417 e. The van der Waals surface area contributed by atoms with E-state index in [4.69, 9.17) is 16.2 Å². The maximum atomic E-state index is 13.6. The summed E-state index contributed by atoms with van der Waals surface area (Å²) in [4.78, 5) is 48.0. The summed E-state index contributed by atoms with van der Waals surface area (Å²) in [5, 5.41) is 25.3. The van der Waals surface area contributed by atoms with Gasteiger partial charge in [0.1, 0.15) is 6.04 Å². The first-order chi connectivity index (χ1) is 19.3. The first kappa shape index (κ1) is 29.4. The standard InChI is InChI=1S/C23H23F6N7O6/c1-8-4-14(37)35(16(8)38)6-12-15-20(34-18(30)33-15)21(40,41)13(7-36(20)19(31)32-12)42-17(39)10-5-9(22(24,25)26)2-3-11(10)23(27,28)29/h2-3,5,8,12-13,15,40-41H,4,6-7H2,1H3,(H2,31,32)(H3,30,33,34)/t8?,12-,13-,15?,20?/m0/s1. The zero-order valence-corrected chi connectivity index (χ0v) is 21.4. The number of guanidine groups is 2. The summed E-state index contributed by atoms with van der Waals surface area (Å²) in [5.41, 5.74) is 4.78. The van der Waals surface area contributed by atoms with Gasteiger partial charge in [-0.15, -0.1) is 0 Å². The van der Waals surface area contributed by atoms with E-state index in [0.29, 0.717) is 0 Å². The number of likely N-dealkylation sites (tertiary alicyclic amines) is 1. The number of aliphatic hydroxyl groups is 2. The number of aliphatic imine (C=N–C) groups is 2. The Morgan fingerprint density at radius 1 is 1.14 bits per heavy atom. The van der Waals surface area contributed by atoms with E-state index in [2.05, 4.69) is 15.3 Å². The summed E-state index contributed by atoms with van der Waals surface area (Å²) in [6, 6.07) is -2.48. The van der Waals surface area contributed by atoms with Crippen LogP contribution in [0.15, 0.2) is 28.2 Å². The molecule has 2 fully saturated rings. The van der Waals surface area contributed by atoms with Gasteiger partial charge in [0.05, 0.1) is 35.8 Å². The lowest BCUT2D eigenvalue weighted by molar-refractivity contribution is -0.256. The van der Waals surface area contributed by atoms with Gasteiger partial charge in [-0.2, -0.15) is 26.3 Å². The smallest absolute Gasteiger partial charge is 0.417 e. The maximum absolute atomic E-state index is 13.6. The van der Waals surface area contributed by atoms with E-state index < -0.39 is 101 Å². The van der Waals surface area contributed by atoms with Crippen LogP contribution in [0.1, 0.15) is 34.8 Å². The topological polar surface area (TPSA) is 196 Å². The van der Waals surface area contributed by atoms with Crippen LogP contribution in [-0.4, -0.2) is 92.4 Å². The van der Waals surface area contributed by atoms with Crippen LogP contribution in [0.2, 0.25) is 0 Å². The molecule has 4 aliphatic rings. The Balaban J connectivity index is 1.49. The van der Waals surface area contributed by atoms with Crippen LogP contribution in [0, 0.1) is 5.92 Å². The predicted octanol–water partition coefficient (Wildman–Crippen LogP) is -0.679. The van der Waals surface area contributed by atoms with Gasteiger partial charge in [0.2, 0.25) is 17.6 Å². The number of halogens is 6. The molecular weight excluding hydrogens is 584 g/mol. The van der Waals surface area contributed by atoms with Gasteiger partial charge in [-0.25, -0.2) is 14.8 Å². The van der Waals surface area contributed by atoms with Gasteiger partial charge in [0.25, 0.3) is 0 Å². The summed E-state index contributed by atoms with van der Waals surface area (Å²) in [6.45, 7) is 0.402. The van der Waals surface area contributed by atoms with E-state index >= 15 is 0 Å². The minimum atomic E-state index is -5.27. The molecule has 1 aromatic carbocycles. The van der Waals surface area contributed by atoms with Crippen LogP contribution in [0.5, 0.6) is 0 Å². The number of hydrogen-bond acceptors (Lipinski definition) is 12. The van der Waals surface area contributed by atoms with Crippen LogP contribution >= 0.6 is 0 Å². The Morgan fingerprint density at radius 3 is 2.38 bits per heavy atom. The van der Waals surface area contributed by atoms with Gasteiger partial charge < -0.3 is 36.6 Å². The molecule has 1 aromatic rings. The fraction of sp³-hybridized carbons (Fsp3) is 0.522. The van der Waals surface area contributed by atoms with Crippen LogP contribution in [0.4, 0.5) is 26.3 Å². The molecule has 5 rings (SSSR count). The lowest BCUT2D eigenvalue weighted by Crippen LogP contribution is -2.77. The lowest BCUT2D eigenvalue weighted by atomic mass is 9.85. The minimum absolute atomic E-state index is 0.0568. The second-order valence-corrected chi connectivity index (χ2v) is 10.3. The van der Waals surface area contributed by atoms with E-state index in [1.807, 2.05) is 0 Å². The minimum Gasteiger partial charge on any atom is -0.451 e. The van der Waals surface area contributed by atoms with E-state index in [0.717, 1.165) is 9.80 Å². The summed E-state index contributed by atoms with van der Waals surface area (Å²) in [7, 11) is 0. The number of rotatable bonds is 4. The van der Waals surface area contributed by atoms with Crippen molar-refractivity contribution in [2.75, 3.05) is 13.1 Å². The molecule has 42 heavy (non-hydrogen) atoms. The zero-order chi connectivity index (χ0) is 31.2.